The van der Waals surface area contributed by atoms with Crippen molar-refractivity contribution in [3.8, 4) is 0 Å². The zero-order valence-corrected chi connectivity index (χ0v) is 12.8. The summed E-state index contributed by atoms with van der Waals surface area (Å²) in [5.74, 6) is 0.629. The van der Waals surface area contributed by atoms with Crippen LogP contribution in [-0.2, 0) is 6.42 Å². The zero-order valence-electron chi connectivity index (χ0n) is 10.5. The van der Waals surface area contributed by atoms with Gasteiger partial charge in [-0.3, -0.25) is 0 Å². The summed E-state index contributed by atoms with van der Waals surface area (Å²) < 4.78 is 0. The third-order valence-corrected chi connectivity index (χ3v) is 5.13. The summed E-state index contributed by atoms with van der Waals surface area (Å²) in [6.07, 6.45) is 1.02. The molecule has 1 atom stereocenters. The van der Waals surface area contributed by atoms with Crippen LogP contribution >= 0.6 is 27.5 Å². The van der Waals surface area contributed by atoms with Gasteiger partial charge in [-0.05, 0) is 41.9 Å². The monoisotopic (exact) mass is 302 g/mol. The highest BCUT2D eigenvalue weighted by Crippen LogP contribution is 2.35. The Balaban J connectivity index is 2.95. The molecule has 0 aromatic heterocycles. The highest BCUT2D eigenvalue weighted by Gasteiger charge is 2.28. The number of hydrogen-bond acceptors (Lipinski definition) is 0. The SMILES string of the molecule is Cc1ccc(CC(C)(CBr)C(C)C)c(Cl)c1. The summed E-state index contributed by atoms with van der Waals surface area (Å²) >= 11 is 9.91. The predicted octanol–water partition coefficient (Wildman–Crippen LogP) is 5.25. The molecule has 1 aromatic rings. The van der Waals surface area contributed by atoms with E-state index >= 15 is 0 Å². The van der Waals surface area contributed by atoms with E-state index in [9.17, 15) is 0 Å². The van der Waals surface area contributed by atoms with Crippen LogP contribution in [0.1, 0.15) is 31.9 Å². The molecule has 0 amide bonds. The minimum Gasteiger partial charge on any atom is -0.0922 e. The van der Waals surface area contributed by atoms with Crippen molar-refractivity contribution in [3.05, 3.63) is 34.3 Å². The van der Waals surface area contributed by atoms with Gasteiger partial charge >= 0.3 is 0 Å². The first-order valence-corrected chi connectivity index (χ1v) is 7.20. The van der Waals surface area contributed by atoms with Crippen LogP contribution in [0.25, 0.3) is 0 Å². The number of benzene rings is 1. The maximum Gasteiger partial charge on any atom is 0.0440 e. The van der Waals surface area contributed by atoms with Crippen molar-refractivity contribution in [2.75, 3.05) is 5.33 Å². The second kappa shape index (κ2) is 5.55. The fraction of sp³-hybridized carbons (Fsp3) is 0.571. The Morgan fingerprint density at radius 1 is 1.38 bits per heavy atom. The van der Waals surface area contributed by atoms with Crippen LogP contribution in [0.3, 0.4) is 0 Å². The second-order valence-corrected chi connectivity index (χ2v) is 6.18. The van der Waals surface area contributed by atoms with E-state index in [4.69, 9.17) is 11.6 Å². The second-order valence-electron chi connectivity index (χ2n) is 5.21. The maximum absolute atomic E-state index is 6.28. The summed E-state index contributed by atoms with van der Waals surface area (Å²) in [4.78, 5) is 0. The van der Waals surface area contributed by atoms with E-state index in [1.165, 1.54) is 11.1 Å². The number of hydrogen-bond donors (Lipinski definition) is 0. The highest BCUT2D eigenvalue weighted by molar-refractivity contribution is 9.09. The van der Waals surface area contributed by atoms with Crippen molar-refractivity contribution in [3.63, 3.8) is 0 Å². The number of alkyl halides is 1. The van der Waals surface area contributed by atoms with Crippen molar-refractivity contribution in [1.82, 2.24) is 0 Å². The first-order valence-electron chi connectivity index (χ1n) is 5.70. The van der Waals surface area contributed by atoms with Crippen LogP contribution < -0.4 is 0 Å². The van der Waals surface area contributed by atoms with E-state index in [0.717, 1.165) is 16.8 Å². The summed E-state index contributed by atoms with van der Waals surface area (Å²) in [6, 6.07) is 6.34. The lowest BCUT2D eigenvalue weighted by molar-refractivity contribution is 0.258. The summed E-state index contributed by atoms with van der Waals surface area (Å²) in [5, 5.41) is 1.90. The molecule has 0 spiro atoms. The Hall–Kier alpha value is -0.0100. The van der Waals surface area contributed by atoms with E-state index in [1.54, 1.807) is 0 Å². The summed E-state index contributed by atoms with van der Waals surface area (Å²) in [5.41, 5.74) is 2.74. The molecule has 0 N–H and O–H groups in total. The molecule has 0 aliphatic rings. The minimum atomic E-state index is 0.263. The lowest BCUT2D eigenvalue weighted by Gasteiger charge is -2.32. The first-order chi connectivity index (χ1) is 7.39. The Morgan fingerprint density at radius 2 is 2.00 bits per heavy atom. The normalized spacial score (nSPS) is 15.2. The van der Waals surface area contributed by atoms with Crippen LogP contribution in [0, 0.1) is 18.3 Å². The molecule has 0 heterocycles. The van der Waals surface area contributed by atoms with Crippen LogP contribution in [-0.4, -0.2) is 5.33 Å². The molecule has 0 fully saturated rings. The molecule has 16 heavy (non-hydrogen) atoms. The zero-order chi connectivity index (χ0) is 12.3. The van der Waals surface area contributed by atoms with Crippen LogP contribution in [0.15, 0.2) is 18.2 Å². The van der Waals surface area contributed by atoms with Gasteiger partial charge in [0.15, 0.2) is 0 Å². The van der Waals surface area contributed by atoms with Crippen LogP contribution in [0.4, 0.5) is 0 Å². The van der Waals surface area contributed by atoms with Gasteiger partial charge in [-0.15, -0.1) is 0 Å². The van der Waals surface area contributed by atoms with Crippen LogP contribution in [0.2, 0.25) is 5.02 Å². The molecule has 2 heteroatoms. The van der Waals surface area contributed by atoms with E-state index in [-0.39, 0.29) is 5.41 Å². The van der Waals surface area contributed by atoms with Gasteiger partial charge < -0.3 is 0 Å². The molecule has 0 aliphatic carbocycles. The number of halogens is 2. The van der Waals surface area contributed by atoms with Gasteiger partial charge in [0.05, 0.1) is 0 Å². The molecule has 0 saturated heterocycles. The first kappa shape index (κ1) is 14.1. The van der Waals surface area contributed by atoms with Crippen molar-refractivity contribution in [2.45, 2.75) is 34.1 Å². The summed E-state index contributed by atoms with van der Waals surface area (Å²) in [7, 11) is 0. The van der Waals surface area contributed by atoms with Crippen molar-refractivity contribution in [1.29, 1.82) is 0 Å². The molecule has 0 aliphatic heterocycles. The third kappa shape index (κ3) is 3.24. The minimum absolute atomic E-state index is 0.263. The van der Waals surface area contributed by atoms with Gasteiger partial charge in [0.25, 0.3) is 0 Å². The summed E-state index contributed by atoms with van der Waals surface area (Å²) in [6.45, 7) is 8.91. The lowest BCUT2D eigenvalue weighted by Crippen LogP contribution is -2.28. The Labute approximate surface area is 113 Å². The molecular weight excluding hydrogens is 284 g/mol. The smallest absolute Gasteiger partial charge is 0.0440 e. The molecule has 90 valence electrons. The Bertz CT molecular complexity index is 360. The van der Waals surface area contributed by atoms with Crippen molar-refractivity contribution in [2.24, 2.45) is 11.3 Å². The molecule has 0 saturated carbocycles. The average molecular weight is 304 g/mol. The standard InChI is InChI=1S/C14H20BrCl/c1-10(2)14(4,9-15)8-12-6-5-11(3)7-13(12)16/h5-7,10H,8-9H2,1-4H3. The Morgan fingerprint density at radius 3 is 2.44 bits per heavy atom. The van der Waals surface area contributed by atoms with Gasteiger partial charge in [0.2, 0.25) is 0 Å². The molecule has 0 radical (unpaired) electrons. The molecule has 1 unspecified atom stereocenters. The maximum atomic E-state index is 6.28. The fourth-order valence-corrected chi connectivity index (χ4v) is 2.78. The molecule has 1 aromatic carbocycles. The molecule has 0 nitrogen and oxygen atoms in total. The van der Waals surface area contributed by atoms with Gasteiger partial charge in [-0.25, -0.2) is 0 Å². The van der Waals surface area contributed by atoms with Gasteiger partial charge in [-0.1, -0.05) is 60.4 Å². The van der Waals surface area contributed by atoms with Gasteiger partial charge in [0, 0.05) is 10.4 Å². The average Bonchev–Trinajstić information content (AvgIpc) is 2.22. The lowest BCUT2D eigenvalue weighted by atomic mass is 9.76. The number of aryl methyl sites for hydroxylation is 1. The largest absolute Gasteiger partial charge is 0.0922 e. The fourth-order valence-electron chi connectivity index (χ4n) is 1.64. The molecular formula is C14H20BrCl. The van der Waals surface area contributed by atoms with Gasteiger partial charge in [-0.2, -0.15) is 0 Å². The van der Waals surface area contributed by atoms with E-state index in [1.807, 2.05) is 6.07 Å². The number of rotatable bonds is 4. The van der Waals surface area contributed by atoms with Gasteiger partial charge in [0.1, 0.15) is 0 Å². The highest BCUT2D eigenvalue weighted by atomic mass is 79.9. The van der Waals surface area contributed by atoms with Crippen LogP contribution in [0.5, 0.6) is 0 Å². The predicted molar refractivity (Wildman–Crippen MR) is 76.6 cm³/mol. The topological polar surface area (TPSA) is 0 Å². The third-order valence-electron chi connectivity index (χ3n) is 3.50. The quantitative estimate of drug-likeness (QED) is 0.667. The van der Waals surface area contributed by atoms with E-state index in [2.05, 4.69) is 55.8 Å². The van der Waals surface area contributed by atoms with E-state index < -0.39 is 0 Å². The molecule has 1 rings (SSSR count). The van der Waals surface area contributed by atoms with Crippen molar-refractivity contribution >= 4 is 27.5 Å². The van der Waals surface area contributed by atoms with Crippen molar-refractivity contribution < 1.29 is 0 Å². The van der Waals surface area contributed by atoms with E-state index in [0.29, 0.717) is 5.92 Å². The molecule has 0 bridgehead atoms. The Kier molecular flexibility index (Phi) is 4.88.